The van der Waals surface area contributed by atoms with Crippen LogP contribution in [0.2, 0.25) is 0 Å². The van der Waals surface area contributed by atoms with Crippen LogP contribution in [-0.4, -0.2) is 80.7 Å². The van der Waals surface area contributed by atoms with E-state index in [4.69, 9.17) is 29.2 Å². The fourth-order valence-corrected chi connectivity index (χ4v) is 6.69. The fourth-order valence-electron chi connectivity index (χ4n) is 4.51. The van der Waals surface area contributed by atoms with Crippen molar-refractivity contribution < 1.29 is 52.7 Å². The minimum atomic E-state index is -1.07. The predicted octanol–water partition coefficient (Wildman–Crippen LogP) is 3.66. The number of benzene rings is 2. The molecular formula is C29H30FNO10Se. The standard InChI is InChI=1S/C29H30FNO10Se/c1-38-20-13-23-16(12-24(42-23)19(32)4-6-26(34)35)10-21(20)40-8-3-9-41-29-22(39-2)11-17-14-31(15-18(17)28(29)30)25(33)5-7-27(36)37/h10-13H,3-9,14-15H2,1-2H3,(H,34,35)(H,36,37). The number of carboxylic acid groups (broad SMARTS) is 2. The van der Waals surface area contributed by atoms with Crippen LogP contribution in [0.1, 0.15) is 52.5 Å². The number of rotatable bonds is 15. The molecule has 0 unspecified atom stereocenters. The van der Waals surface area contributed by atoms with Gasteiger partial charge in [-0.05, 0) is 5.56 Å². The van der Waals surface area contributed by atoms with E-state index in [-0.39, 0.29) is 89.7 Å². The van der Waals surface area contributed by atoms with Crippen LogP contribution in [0.4, 0.5) is 4.39 Å². The van der Waals surface area contributed by atoms with Crippen molar-refractivity contribution in [2.45, 2.75) is 45.2 Å². The van der Waals surface area contributed by atoms with E-state index in [1.165, 1.54) is 19.1 Å². The summed E-state index contributed by atoms with van der Waals surface area (Å²) in [4.78, 5) is 47.7. The first kappa shape index (κ1) is 30.9. The number of fused-ring (bicyclic) bond motifs is 2. The van der Waals surface area contributed by atoms with Gasteiger partial charge in [0.1, 0.15) is 0 Å². The van der Waals surface area contributed by atoms with E-state index in [0.29, 0.717) is 33.5 Å². The van der Waals surface area contributed by atoms with Crippen LogP contribution in [0, 0.1) is 5.82 Å². The summed E-state index contributed by atoms with van der Waals surface area (Å²) < 4.78 is 39.4. The first-order chi connectivity index (χ1) is 20.1. The van der Waals surface area contributed by atoms with Crippen molar-refractivity contribution in [2.24, 2.45) is 0 Å². The van der Waals surface area contributed by atoms with E-state index in [2.05, 4.69) is 0 Å². The summed E-state index contributed by atoms with van der Waals surface area (Å²) in [5.74, 6) is -2.18. The summed E-state index contributed by atoms with van der Waals surface area (Å²) in [6.45, 7) is 0.497. The number of aliphatic carboxylic acids is 2. The van der Waals surface area contributed by atoms with Gasteiger partial charge in [-0.25, -0.2) is 0 Å². The zero-order valence-corrected chi connectivity index (χ0v) is 24.8. The van der Waals surface area contributed by atoms with Gasteiger partial charge in [0, 0.05) is 19.5 Å². The van der Waals surface area contributed by atoms with Crippen molar-refractivity contribution in [1.82, 2.24) is 4.90 Å². The zero-order chi connectivity index (χ0) is 30.4. The van der Waals surface area contributed by atoms with E-state index in [1.54, 1.807) is 18.2 Å². The molecule has 0 fully saturated rings. The number of carboxylic acids is 2. The van der Waals surface area contributed by atoms with Gasteiger partial charge in [-0.15, -0.1) is 0 Å². The summed E-state index contributed by atoms with van der Waals surface area (Å²) in [6.07, 6.45) is -0.327. The second-order valence-corrected chi connectivity index (χ2v) is 11.8. The summed E-state index contributed by atoms with van der Waals surface area (Å²) in [7, 11) is 2.90. The SMILES string of the molecule is COc1cc2[se]c(C(=O)CCC(=O)O)cc2cc1OCCCOc1c(OC)cc2c(c1F)CN(C(=O)CCC(=O)O)C2. The molecule has 0 bridgehead atoms. The molecule has 1 aromatic heterocycles. The number of methoxy groups -OCH3 is 2. The van der Waals surface area contributed by atoms with Crippen molar-refractivity contribution in [3.63, 3.8) is 0 Å². The average Bonchev–Trinajstić information content (AvgIpc) is 3.59. The Kier molecular flexibility index (Phi) is 10.1. The number of Topliss-reactive ketones (excluding diaryl/α,β-unsaturated/α-hetero) is 1. The van der Waals surface area contributed by atoms with E-state index in [9.17, 15) is 19.2 Å². The molecule has 0 saturated heterocycles. The van der Waals surface area contributed by atoms with Crippen LogP contribution >= 0.6 is 0 Å². The van der Waals surface area contributed by atoms with Gasteiger partial charge in [-0.1, -0.05) is 0 Å². The number of hydrogen-bond acceptors (Lipinski definition) is 8. The second-order valence-electron chi connectivity index (χ2n) is 9.52. The molecule has 2 N–H and O–H groups in total. The molecule has 11 nitrogen and oxygen atoms in total. The van der Waals surface area contributed by atoms with E-state index < -0.39 is 17.8 Å². The number of carbonyl (C=O) groups excluding carboxylic acids is 2. The van der Waals surface area contributed by atoms with Gasteiger partial charge < -0.3 is 10.0 Å². The number of ether oxygens (including phenoxy) is 4. The topological polar surface area (TPSA) is 149 Å². The van der Waals surface area contributed by atoms with Gasteiger partial charge >= 0.3 is 183 Å². The molecule has 1 aliphatic rings. The molecule has 3 aromatic rings. The molecule has 13 heteroatoms. The van der Waals surface area contributed by atoms with Crippen LogP contribution in [0.25, 0.3) is 9.65 Å². The number of hydrogen-bond donors (Lipinski definition) is 2. The summed E-state index contributed by atoms with van der Waals surface area (Å²) in [5.41, 5.74) is 0.888. The van der Waals surface area contributed by atoms with Crippen LogP contribution in [0.5, 0.6) is 23.0 Å². The third-order valence-corrected chi connectivity index (χ3v) is 9.04. The predicted molar refractivity (Wildman–Crippen MR) is 148 cm³/mol. The number of ketones is 1. The van der Waals surface area contributed by atoms with E-state index in [0.717, 1.165) is 9.65 Å². The van der Waals surface area contributed by atoms with Gasteiger partial charge in [-0.3, -0.25) is 9.59 Å². The van der Waals surface area contributed by atoms with Crippen LogP contribution < -0.4 is 18.9 Å². The van der Waals surface area contributed by atoms with E-state index >= 15 is 4.39 Å². The molecule has 2 heterocycles. The Hall–Kier alpha value is -4.09. The smallest absolute Gasteiger partial charge is 0.481 e. The van der Waals surface area contributed by atoms with Crippen molar-refractivity contribution in [3.05, 3.63) is 45.6 Å². The molecular weight excluding hydrogens is 620 g/mol. The zero-order valence-electron chi connectivity index (χ0n) is 23.1. The molecule has 1 aliphatic heterocycles. The molecule has 224 valence electrons. The van der Waals surface area contributed by atoms with Gasteiger partial charge in [0.05, 0.1) is 13.5 Å². The monoisotopic (exact) mass is 651 g/mol. The Morgan fingerprint density at radius 1 is 0.857 bits per heavy atom. The summed E-state index contributed by atoms with van der Waals surface area (Å²) in [6, 6.07) is 6.98. The summed E-state index contributed by atoms with van der Waals surface area (Å²) in [5, 5.41) is 18.5. The van der Waals surface area contributed by atoms with Crippen LogP contribution in [-0.2, 0) is 27.5 Å². The molecule has 42 heavy (non-hydrogen) atoms. The molecule has 2 aromatic carbocycles. The molecule has 0 atom stereocenters. The Morgan fingerprint density at radius 2 is 1.55 bits per heavy atom. The Balaban J connectivity index is 1.36. The Bertz CT molecular complexity index is 1520. The molecule has 1 amide bonds. The molecule has 4 rings (SSSR count). The average molecular weight is 651 g/mol. The minimum Gasteiger partial charge on any atom is -0.481 e. The molecule has 0 spiro atoms. The summed E-state index contributed by atoms with van der Waals surface area (Å²) >= 11 is -0.258. The van der Waals surface area contributed by atoms with Crippen LogP contribution in [0.3, 0.4) is 0 Å². The maximum absolute atomic E-state index is 15.4. The second kappa shape index (κ2) is 13.7. The Morgan fingerprint density at radius 3 is 2.24 bits per heavy atom. The number of carbonyl (C=O) groups is 4. The van der Waals surface area contributed by atoms with Gasteiger partial charge in [0.15, 0.2) is 0 Å². The van der Waals surface area contributed by atoms with Gasteiger partial charge in [-0.2, -0.15) is 0 Å². The van der Waals surface area contributed by atoms with Crippen LogP contribution in [0.15, 0.2) is 24.3 Å². The number of amides is 1. The van der Waals surface area contributed by atoms with Crippen molar-refractivity contribution in [1.29, 1.82) is 0 Å². The normalized spacial score (nSPS) is 12.2. The van der Waals surface area contributed by atoms with Crippen molar-refractivity contribution in [3.8, 4) is 23.0 Å². The van der Waals surface area contributed by atoms with Gasteiger partial charge in [0.2, 0.25) is 5.91 Å². The minimum absolute atomic E-state index is 0.0177. The molecule has 0 aliphatic carbocycles. The first-order valence-corrected chi connectivity index (χ1v) is 14.8. The number of nitrogens with zero attached hydrogens (tertiary/aromatic N) is 1. The first-order valence-electron chi connectivity index (χ1n) is 13.1. The number of halogens is 1. The molecule has 0 saturated carbocycles. The third-order valence-electron chi connectivity index (χ3n) is 6.65. The Labute approximate surface area is 246 Å². The molecule has 0 radical (unpaired) electrons. The third kappa shape index (κ3) is 7.21. The van der Waals surface area contributed by atoms with Gasteiger partial charge in [0.25, 0.3) is 0 Å². The van der Waals surface area contributed by atoms with Crippen molar-refractivity contribution in [2.75, 3.05) is 27.4 Å². The fraction of sp³-hybridized carbons (Fsp3) is 0.379. The maximum atomic E-state index is 15.4. The van der Waals surface area contributed by atoms with Crippen molar-refractivity contribution >= 4 is 47.8 Å². The quantitative estimate of drug-likeness (QED) is 0.142. The van der Waals surface area contributed by atoms with E-state index in [1.807, 2.05) is 6.07 Å².